The molecule has 0 spiro atoms. The van der Waals surface area contributed by atoms with Gasteiger partial charge in [-0.05, 0) is 24.1 Å². The molecule has 0 unspecified atom stereocenters. The first-order valence-corrected chi connectivity index (χ1v) is 8.57. The van der Waals surface area contributed by atoms with Gasteiger partial charge in [0.1, 0.15) is 18.0 Å². The number of amides is 2. The van der Waals surface area contributed by atoms with Gasteiger partial charge in [-0.15, -0.1) is 12.4 Å². The van der Waals surface area contributed by atoms with Gasteiger partial charge < -0.3 is 9.80 Å². The molecule has 3 rings (SSSR count). The van der Waals surface area contributed by atoms with E-state index in [-0.39, 0.29) is 49.5 Å². The Labute approximate surface area is 162 Å². The van der Waals surface area contributed by atoms with E-state index >= 15 is 0 Å². The maximum Gasteiger partial charge on any atom is 0.240 e. The summed E-state index contributed by atoms with van der Waals surface area (Å²) in [4.78, 5) is 27.5. The molecule has 2 saturated heterocycles. The third-order valence-corrected chi connectivity index (χ3v) is 4.80. The zero-order valence-corrected chi connectivity index (χ0v) is 15.4. The van der Waals surface area contributed by atoms with Crippen LogP contribution in [-0.2, 0) is 16.1 Å². The Morgan fingerprint density at radius 2 is 2.04 bits per heavy atom. The zero-order valence-electron chi connectivity index (χ0n) is 14.6. The van der Waals surface area contributed by atoms with Crippen LogP contribution in [0.2, 0.25) is 0 Å². The fourth-order valence-electron chi connectivity index (χ4n) is 3.39. The standard InChI is InChI=1S/C18H20F2N4O2.ClH/c19-13-3-1-12(2-4-13)10-23-6-5-16(18(23)26)22-9-17(25)24-11-14(20)7-15(24)8-21;/h1-4,14-16,22H,5-7,9-11H2;1H/t14-,15-,16-;/m0./s1. The van der Waals surface area contributed by atoms with Gasteiger partial charge in [-0.2, -0.15) is 5.26 Å². The predicted molar refractivity (Wildman–Crippen MR) is 96.1 cm³/mol. The highest BCUT2D eigenvalue weighted by atomic mass is 35.5. The van der Waals surface area contributed by atoms with E-state index < -0.39 is 18.3 Å². The molecule has 146 valence electrons. The Balaban J connectivity index is 0.00000261. The third kappa shape index (κ3) is 4.93. The molecular formula is C18H21ClF2N4O2. The maximum absolute atomic E-state index is 13.4. The lowest BCUT2D eigenvalue weighted by Crippen LogP contribution is -2.46. The molecule has 6 nitrogen and oxygen atoms in total. The van der Waals surface area contributed by atoms with Crippen molar-refractivity contribution in [1.82, 2.24) is 15.1 Å². The minimum absolute atomic E-state index is 0. The number of rotatable bonds is 5. The van der Waals surface area contributed by atoms with Crippen LogP contribution in [-0.4, -0.2) is 59.5 Å². The summed E-state index contributed by atoms with van der Waals surface area (Å²) >= 11 is 0. The van der Waals surface area contributed by atoms with Crippen LogP contribution >= 0.6 is 12.4 Å². The molecule has 0 bridgehead atoms. The fourth-order valence-corrected chi connectivity index (χ4v) is 3.39. The van der Waals surface area contributed by atoms with Gasteiger partial charge in [-0.25, -0.2) is 8.78 Å². The van der Waals surface area contributed by atoms with Crippen molar-refractivity contribution < 1.29 is 18.4 Å². The van der Waals surface area contributed by atoms with Gasteiger partial charge in [-0.1, -0.05) is 12.1 Å². The SMILES string of the molecule is Cl.N#C[C@@H]1C[C@H](F)CN1C(=O)CN[C@H]1CCN(Cc2ccc(F)cc2)C1=O. The Morgan fingerprint density at radius 1 is 1.33 bits per heavy atom. The van der Waals surface area contributed by atoms with Crippen LogP contribution in [0, 0.1) is 17.1 Å². The number of nitriles is 1. The summed E-state index contributed by atoms with van der Waals surface area (Å²) in [6.07, 6.45) is -0.584. The average molecular weight is 399 g/mol. The Bertz CT molecular complexity index is 725. The van der Waals surface area contributed by atoms with Crippen molar-refractivity contribution >= 4 is 24.2 Å². The van der Waals surface area contributed by atoms with Gasteiger partial charge in [0.25, 0.3) is 0 Å². The summed E-state index contributed by atoms with van der Waals surface area (Å²) in [6.45, 7) is 0.746. The Morgan fingerprint density at radius 3 is 2.70 bits per heavy atom. The number of likely N-dealkylation sites (tertiary alicyclic amines) is 2. The number of carbonyl (C=O) groups is 2. The van der Waals surface area contributed by atoms with E-state index in [1.165, 1.54) is 17.0 Å². The molecule has 2 aliphatic heterocycles. The molecule has 0 saturated carbocycles. The second-order valence-electron chi connectivity index (χ2n) is 6.63. The van der Waals surface area contributed by atoms with Crippen molar-refractivity contribution in [3.8, 4) is 6.07 Å². The van der Waals surface area contributed by atoms with Crippen LogP contribution < -0.4 is 5.32 Å². The van der Waals surface area contributed by atoms with Gasteiger partial charge in [0, 0.05) is 19.5 Å². The number of nitrogens with one attached hydrogen (secondary N) is 1. The van der Waals surface area contributed by atoms with E-state index in [9.17, 15) is 18.4 Å². The van der Waals surface area contributed by atoms with Gasteiger partial charge in [0.2, 0.25) is 11.8 Å². The molecule has 0 aromatic heterocycles. The molecule has 9 heteroatoms. The van der Waals surface area contributed by atoms with Crippen LogP contribution in [0.5, 0.6) is 0 Å². The summed E-state index contributed by atoms with van der Waals surface area (Å²) in [5.41, 5.74) is 0.833. The second-order valence-corrected chi connectivity index (χ2v) is 6.63. The number of carbonyl (C=O) groups excluding carboxylic acids is 2. The summed E-state index contributed by atoms with van der Waals surface area (Å²) in [7, 11) is 0. The smallest absolute Gasteiger partial charge is 0.240 e. The molecule has 2 fully saturated rings. The van der Waals surface area contributed by atoms with E-state index in [0.717, 1.165) is 5.56 Å². The van der Waals surface area contributed by atoms with Crippen molar-refractivity contribution in [2.24, 2.45) is 0 Å². The quantitative estimate of drug-likeness (QED) is 0.813. The van der Waals surface area contributed by atoms with Crippen molar-refractivity contribution in [3.05, 3.63) is 35.6 Å². The maximum atomic E-state index is 13.4. The van der Waals surface area contributed by atoms with Gasteiger partial charge >= 0.3 is 0 Å². The molecule has 2 heterocycles. The number of hydrogen-bond donors (Lipinski definition) is 1. The first-order chi connectivity index (χ1) is 12.5. The van der Waals surface area contributed by atoms with Crippen molar-refractivity contribution in [1.29, 1.82) is 5.26 Å². The predicted octanol–water partition coefficient (Wildman–Crippen LogP) is 1.40. The van der Waals surface area contributed by atoms with Crippen molar-refractivity contribution in [3.63, 3.8) is 0 Å². The number of benzene rings is 1. The fraction of sp³-hybridized carbons (Fsp3) is 0.500. The van der Waals surface area contributed by atoms with Crippen LogP contribution in [0.4, 0.5) is 8.78 Å². The van der Waals surface area contributed by atoms with E-state index in [0.29, 0.717) is 19.5 Å². The first-order valence-electron chi connectivity index (χ1n) is 8.57. The van der Waals surface area contributed by atoms with Crippen molar-refractivity contribution in [2.45, 2.75) is 37.6 Å². The summed E-state index contributed by atoms with van der Waals surface area (Å²) in [5.74, 6) is -0.821. The Kier molecular flexibility index (Phi) is 7.11. The molecule has 1 aromatic rings. The van der Waals surface area contributed by atoms with Crippen molar-refractivity contribution in [2.75, 3.05) is 19.6 Å². The lowest BCUT2D eigenvalue weighted by atomic mass is 10.2. The largest absolute Gasteiger partial charge is 0.337 e. The van der Waals surface area contributed by atoms with E-state index in [1.54, 1.807) is 17.0 Å². The van der Waals surface area contributed by atoms with Crippen LogP contribution in [0.15, 0.2) is 24.3 Å². The van der Waals surface area contributed by atoms with Gasteiger partial charge in [-0.3, -0.25) is 14.9 Å². The van der Waals surface area contributed by atoms with E-state index in [1.807, 2.05) is 6.07 Å². The first kappa shape index (κ1) is 21.1. The molecule has 2 amide bonds. The minimum atomic E-state index is -1.18. The highest BCUT2D eigenvalue weighted by Crippen LogP contribution is 2.20. The topological polar surface area (TPSA) is 76.4 Å². The lowest BCUT2D eigenvalue weighted by molar-refractivity contribution is -0.131. The normalized spacial score (nSPS) is 24.6. The molecule has 0 aliphatic carbocycles. The molecule has 3 atom stereocenters. The van der Waals surface area contributed by atoms with Gasteiger partial charge in [0.15, 0.2) is 0 Å². The summed E-state index contributed by atoms with van der Waals surface area (Å²) in [6, 6.07) is 6.68. The minimum Gasteiger partial charge on any atom is -0.337 e. The van der Waals surface area contributed by atoms with Crippen LogP contribution in [0.25, 0.3) is 0 Å². The third-order valence-electron chi connectivity index (χ3n) is 4.80. The number of alkyl halides is 1. The highest BCUT2D eigenvalue weighted by molar-refractivity contribution is 5.86. The van der Waals surface area contributed by atoms with Crippen LogP contribution in [0.1, 0.15) is 18.4 Å². The van der Waals surface area contributed by atoms with E-state index in [4.69, 9.17) is 5.26 Å². The van der Waals surface area contributed by atoms with Crippen LogP contribution in [0.3, 0.4) is 0 Å². The number of nitrogens with zero attached hydrogens (tertiary/aromatic N) is 3. The number of hydrogen-bond acceptors (Lipinski definition) is 4. The van der Waals surface area contributed by atoms with Gasteiger partial charge in [0.05, 0.1) is 25.2 Å². The molecule has 2 aliphatic rings. The molecular weight excluding hydrogens is 378 g/mol. The second kappa shape index (κ2) is 9.11. The molecule has 1 N–H and O–H groups in total. The Hall–Kier alpha value is -2.24. The number of halogens is 3. The summed E-state index contributed by atoms with van der Waals surface area (Å²) in [5, 5.41) is 11.9. The molecule has 27 heavy (non-hydrogen) atoms. The lowest BCUT2D eigenvalue weighted by Gasteiger charge is -2.21. The average Bonchev–Trinajstić information content (AvgIpc) is 3.18. The van der Waals surface area contributed by atoms with E-state index in [2.05, 4.69) is 5.32 Å². The zero-order chi connectivity index (χ0) is 18.7. The monoisotopic (exact) mass is 398 g/mol. The summed E-state index contributed by atoms with van der Waals surface area (Å²) < 4.78 is 26.4. The molecule has 0 radical (unpaired) electrons. The highest BCUT2D eigenvalue weighted by Gasteiger charge is 2.36. The molecule has 1 aromatic carbocycles.